The molecule has 0 radical (unpaired) electrons. The van der Waals surface area contributed by atoms with E-state index in [1.807, 2.05) is 48.5 Å². The molecule has 0 aliphatic heterocycles. The minimum absolute atomic E-state index is 0.794. The largest absolute Gasteiger partial charge is 0.456 e. The Hall–Kier alpha value is -4.05. The summed E-state index contributed by atoms with van der Waals surface area (Å²) in [5.41, 5.74) is 7.65. The van der Waals surface area contributed by atoms with E-state index in [0.29, 0.717) is 0 Å². The lowest BCUT2D eigenvalue weighted by Crippen LogP contribution is -1.90. The molecule has 0 aliphatic rings. The molecule has 6 rings (SSSR count). The molecule has 29 heavy (non-hydrogen) atoms. The maximum atomic E-state index is 6.00. The number of hydrogen-bond donors (Lipinski definition) is 1. The van der Waals surface area contributed by atoms with Crippen molar-refractivity contribution in [1.82, 2.24) is 4.98 Å². The van der Waals surface area contributed by atoms with Gasteiger partial charge in [-0.25, -0.2) is 4.98 Å². The number of benzene rings is 4. The zero-order valence-electron chi connectivity index (χ0n) is 15.4. The number of nitrogens with zero attached hydrogens (tertiary/aromatic N) is 1. The van der Waals surface area contributed by atoms with Crippen molar-refractivity contribution in [1.29, 1.82) is 0 Å². The molecule has 6 aromatic rings. The fourth-order valence-corrected chi connectivity index (χ4v) is 3.78. The number of nitrogens with one attached hydrogen (secondary N) is 1. The number of aromatic nitrogens is 1. The summed E-state index contributed by atoms with van der Waals surface area (Å²) in [6.45, 7) is 0. The lowest BCUT2D eigenvalue weighted by molar-refractivity contribution is 0.602. The van der Waals surface area contributed by atoms with Crippen LogP contribution in [0.3, 0.4) is 0 Å². The fourth-order valence-electron chi connectivity index (χ4n) is 3.78. The highest BCUT2D eigenvalue weighted by atomic mass is 16.3. The van der Waals surface area contributed by atoms with Crippen molar-refractivity contribution in [2.45, 2.75) is 0 Å². The van der Waals surface area contributed by atoms with Crippen LogP contribution in [-0.2, 0) is 0 Å². The third-order valence-corrected chi connectivity index (χ3v) is 5.19. The minimum Gasteiger partial charge on any atom is -0.456 e. The SMILES string of the molecule is c1cc(Nc2ccc3c(c2)oc2ccccc23)cc(-c2ccc3ocnc3c2)c1. The number of para-hydroxylation sites is 1. The van der Waals surface area contributed by atoms with Crippen LogP contribution in [0.4, 0.5) is 11.4 Å². The molecule has 4 nitrogen and oxygen atoms in total. The van der Waals surface area contributed by atoms with Crippen LogP contribution in [0, 0.1) is 0 Å². The number of anilines is 2. The number of oxazole rings is 1. The smallest absolute Gasteiger partial charge is 0.181 e. The van der Waals surface area contributed by atoms with Crippen LogP contribution in [0.5, 0.6) is 0 Å². The van der Waals surface area contributed by atoms with Gasteiger partial charge >= 0.3 is 0 Å². The van der Waals surface area contributed by atoms with Gasteiger partial charge in [0.1, 0.15) is 16.7 Å². The van der Waals surface area contributed by atoms with E-state index in [9.17, 15) is 0 Å². The number of rotatable bonds is 3. The summed E-state index contributed by atoms with van der Waals surface area (Å²) in [5, 5.41) is 5.75. The van der Waals surface area contributed by atoms with Gasteiger partial charge in [0, 0.05) is 28.2 Å². The topological polar surface area (TPSA) is 51.2 Å². The van der Waals surface area contributed by atoms with Crippen LogP contribution in [0.25, 0.3) is 44.2 Å². The molecule has 0 bridgehead atoms. The Morgan fingerprint density at radius 1 is 0.621 bits per heavy atom. The molecular weight excluding hydrogens is 360 g/mol. The first-order chi connectivity index (χ1) is 14.3. The average molecular weight is 376 g/mol. The monoisotopic (exact) mass is 376 g/mol. The molecule has 0 aliphatic carbocycles. The number of hydrogen-bond acceptors (Lipinski definition) is 4. The first-order valence-corrected chi connectivity index (χ1v) is 9.45. The van der Waals surface area contributed by atoms with E-state index in [-0.39, 0.29) is 0 Å². The summed E-state index contributed by atoms with van der Waals surface area (Å²) in [6, 6.07) is 28.7. The molecule has 0 atom stereocenters. The van der Waals surface area contributed by atoms with E-state index >= 15 is 0 Å². The van der Waals surface area contributed by atoms with Crippen molar-refractivity contribution >= 4 is 44.4 Å². The van der Waals surface area contributed by atoms with Crippen LogP contribution in [0.15, 0.2) is 100 Å². The van der Waals surface area contributed by atoms with Crippen LogP contribution in [0.2, 0.25) is 0 Å². The van der Waals surface area contributed by atoms with E-state index in [0.717, 1.165) is 55.5 Å². The van der Waals surface area contributed by atoms with Gasteiger partial charge in [0.2, 0.25) is 0 Å². The van der Waals surface area contributed by atoms with Gasteiger partial charge in [0.05, 0.1) is 0 Å². The molecule has 0 unspecified atom stereocenters. The number of furan rings is 1. The maximum Gasteiger partial charge on any atom is 0.181 e. The molecule has 0 amide bonds. The molecule has 1 N–H and O–H groups in total. The van der Waals surface area contributed by atoms with Crippen molar-refractivity contribution < 1.29 is 8.83 Å². The highest BCUT2D eigenvalue weighted by Gasteiger charge is 2.08. The third kappa shape index (κ3) is 2.74. The van der Waals surface area contributed by atoms with E-state index in [4.69, 9.17) is 8.83 Å². The predicted octanol–water partition coefficient (Wildman–Crippen LogP) is 7.14. The fraction of sp³-hybridized carbons (Fsp3) is 0. The number of fused-ring (bicyclic) bond motifs is 4. The molecular formula is C25H16N2O2. The molecule has 2 heterocycles. The lowest BCUT2D eigenvalue weighted by Gasteiger charge is -2.09. The molecule has 0 spiro atoms. The van der Waals surface area contributed by atoms with Gasteiger partial charge in [-0.3, -0.25) is 0 Å². The molecule has 4 heteroatoms. The van der Waals surface area contributed by atoms with Gasteiger partial charge in [0.15, 0.2) is 12.0 Å². The summed E-state index contributed by atoms with van der Waals surface area (Å²) in [5.74, 6) is 0. The van der Waals surface area contributed by atoms with Gasteiger partial charge in [-0.15, -0.1) is 0 Å². The van der Waals surface area contributed by atoms with Crippen molar-refractivity contribution in [3.8, 4) is 11.1 Å². The summed E-state index contributed by atoms with van der Waals surface area (Å²) < 4.78 is 11.3. The normalized spacial score (nSPS) is 11.4. The molecule has 0 saturated heterocycles. The van der Waals surface area contributed by atoms with E-state index in [1.54, 1.807) is 0 Å². The second kappa shape index (κ2) is 6.24. The summed E-state index contributed by atoms with van der Waals surface area (Å²) in [7, 11) is 0. The Morgan fingerprint density at radius 3 is 2.48 bits per heavy atom. The third-order valence-electron chi connectivity index (χ3n) is 5.19. The minimum atomic E-state index is 0.794. The quantitative estimate of drug-likeness (QED) is 0.357. The standard InChI is InChI=1S/C25H16N2O2/c1-2-7-23-20(6-1)21-10-9-19(14-25(21)29-23)27-18-5-3-4-16(12-18)17-8-11-24-22(13-17)26-15-28-24/h1-15,27H. The van der Waals surface area contributed by atoms with E-state index in [2.05, 4.69) is 46.7 Å². The molecule has 4 aromatic carbocycles. The average Bonchev–Trinajstić information content (AvgIpc) is 3.37. The van der Waals surface area contributed by atoms with Crippen molar-refractivity contribution in [2.75, 3.05) is 5.32 Å². The Labute approximate surface area is 166 Å². The second-order valence-electron chi connectivity index (χ2n) is 7.05. The van der Waals surface area contributed by atoms with E-state index < -0.39 is 0 Å². The Balaban J connectivity index is 1.35. The lowest BCUT2D eigenvalue weighted by atomic mass is 10.0. The zero-order chi connectivity index (χ0) is 19.2. The van der Waals surface area contributed by atoms with Crippen molar-refractivity contribution in [2.24, 2.45) is 0 Å². The van der Waals surface area contributed by atoms with E-state index in [1.165, 1.54) is 6.39 Å². The van der Waals surface area contributed by atoms with Crippen LogP contribution in [-0.4, -0.2) is 4.98 Å². The second-order valence-corrected chi connectivity index (χ2v) is 7.05. The highest BCUT2D eigenvalue weighted by molar-refractivity contribution is 6.05. The van der Waals surface area contributed by atoms with Gasteiger partial charge < -0.3 is 14.2 Å². The van der Waals surface area contributed by atoms with Crippen molar-refractivity contribution in [3.63, 3.8) is 0 Å². The first kappa shape index (κ1) is 16.0. The van der Waals surface area contributed by atoms with Crippen LogP contribution in [0.1, 0.15) is 0 Å². The maximum absolute atomic E-state index is 6.00. The molecule has 2 aromatic heterocycles. The summed E-state index contributed by atoms with van der Waals surface area (Å²) >= 11 is 0. The van der Waals surface area contributed by atoms with Crippen LogP contribution >= 0.6 is 0 Å². The van der Waals surface area contributed by atoms with Gasteiger partial charge in [-0.1, -0.05) is 36.4 Å². The zero-order valence-corrected chi connectivity index (χ0v) is 15.4. The van der Waals surface area contributed by atoms with Crippen molar-refractivity contribution in [3.05, 3.63) is 91.3 Å². The molecule has 138 valence electrons. The summed E-state index contributed by atoms with van der Waals surface area (Å²) in [6.07, 6.45) is 1.47. The molecule has 0 saturated carbocycles. The Bertz CT molecular complexity index is 1490. The van der Waals surface area contributed by atoms with Gasteiger partial charge in [-0.05, 0) is 53.6 Å². The first-order valence-electron chi connectivity index (χ1n) is 9.45. The van der Waals surface area contributed by atoms with Gasteiger partial charge in [-0.2, -0.15) is 0 Å². The highest BCUT2D eigenvalue weighted by Crippen LogP contribution is 2.32. The Kier molecular flexibility index (Phi) is 3.43. The molecule has 0 fully saturated rings. The predicted molar refractivity (Wildman–Crippen MR) is 116 cm³/mol. The Morgan fingerprint density at radius 2 is 1.48 bits per heavy atom. The van der Waals surface area contributed by atoms with Crippen LogP contribution < -0.4 is 5.32 Å². The van der Waals surface area contributed by atoms with Gasteiger partial charge in [0.25, 0.3) is 0 Å². The summed E-state index contributed by atoms with van der Waals surface area (Å²) in [4.78, 5) is 4.25.